The minimum atomic E-state index is -0.553. The van der Waals surface area contributed by atoms with Gasteiger partial charge in [-0.05, 0) is 79.6 Å². The molecule has 0 spiro atoms. The molecule has 5 rings (SSSR count). The van der Waals surface area contributed by atoms with E-state index in [-0.39, 0.29) is 29.7 Å². The molecule has 0 saturated carbocycles. The molecule has 2 aliphatic rings. The van der Waals surface area contributed by atoms with Crippen molar-refractivity contribution in [2.75, 3.05) is 13.7 Å². The van der Waals surface area contributed by atoms with Gasteiger partial charge in [-0.15, -0.1) is 0 Å². The molecule has 0 aromatic heterocycles. The number of hydrogen-bond acceptors (Lipinski definition) is 4. The first kappa shape index (κ1) is 25.6. The van der Waals surface area contributed by atoms with Crippen molar-refractivity contribution in [1.29, 1.82) is 0 Å². The molecule has 4 nitrogen and oxygen atoms in total. The fourth-order valence-electron chi connectivity index (χ4n) is 6.11. The second-order valence-electron chi connectivity index (χ2n) is 10.1. The summed E-state index contributed by atoms with van der Waals surface area (Å²) in [5, 5.41) is 0. The summed E-state index contributed by atoms with van der Waals surface area (Å²) in [6.07, 6.45) is 3.74. The highest BCUT2D eigenvalue weighted by Crippen LogP contribution is 2.43. The molecule has 194 valence electrons. The third kappa shape index (κ3) is 5.76. The van der Waals surface area contributed by atoms with Gasteiger partial charge in [0.15, 0.2) is 0 Å². The number of halogens is 2. The van der Waals surface area contributed by atoms with Crippen LogP contribution in [0.25, 0.3) is 0 Å². The van der Waals surface area contributed by atoms with Crippen LogP contribution in [-0.2, 0) is 20.7 Å². The Balaban J connectivity index is 1.37. The van der Waals surface area contributed by atoms with Gasteiger partial charge in [0.05, 0.1) is 19.1 Å². The average molecular weight is 506 g/mol. The zero-order valence-electron chi connectivity index (χ0n) is 21.1. The van der Waals surface area contributed by atoms with E-state index in [9.17, 15) is 13.6 Å². The molecule has 2 heterocycles. The second-order valence-corrected chi connectivity index (χ2v) is 10.1. The molecule has 4 atom stereocenters. The quantitative estimate of drug-likeness (QED) is 0.330. The number of methoxy groups -OCH3 is 1. The molecular weight excluding hydrogens is 472 g/mol. The standard InChI is InChI=1S/C31H33F2NO3/c1-36-31(35)29-27-18-17-26(34(27)19-5-8-21-6-3-2-4-7-21)20-28(29)37-30(22-9-13-24(32)14-10-22)23-11-15-25(33)16-12-23/h2-4,6-7,9-16,26-30H,5,8,17-20H2,1H3/t26-,27+,28+,29-/m1/s1. The molecule has 3 aromatic carbocycles. The van der Waals surface area contributed by atoms with Gasteiger partial charge in [0, 0.05) is 12.1 Å². The van der Waals surface area contributed by atoms with E-state index in [2.05, 4.69) is 29.2 Å². The van der Waals surface area contributed by atoms with Gasteiger partial charge in [-0.3, -0.25) is 9.69 Å². The molecular formula is C31H33F2NO3. The first-order valence-electron chi connectivity index (χ1n) is 13.1. The molecule has 2 fully saturated rings. The van der Waals surface area contributed by atoms with Crippen LogP contribution in [0.1, 0.15) is 48.5 Å². The Morgan fingerprint density at radius 1 is 0.919 bits per heavy atom. The SMILES string of the molecule is COC(=O)[C@H]1[C@@H](OC(c2ccc(F)cc2)c2ccc(F)cc2)C[C@H]2CC[C@@H]1N2CCCc1ccccc1. The van der Waals surface area contributed by atoms with Crippen molar-refractivity contribution in [3.05, 3.63) is 107 Å². The number of rotatable bonds is 9. The summed E-state index contributed by atoms with van der Waals surface area (Å²) in [6, 6.07) is 23.1. The summed E-state index contributed by atoms with van der Waals surface area (Å²) >= 11 is 0. The number of benzene rings is 3. The zero-order chi connectivity index (χ0) is 25.8. The zero-order valence-corrected chi connectivity index (χ0v) is 21.1. The van der Waals surface area contributed by atoms with Crippen LogP contribution in [-0.4, -0.2) is 42.7 Å². The van der Waals surface area contributed by atoms with Crippen LogP contribution in [0.4, 0.5) is 8.78 Å². The maximum atomic E-state index is 13.7. The Hall–Kier alpha value is -3.09. The molecule has 0 amide bonds. The van der Waals surface area contributed by atoms with Crippen LogP contribution in [0.3, 0.4) is 0 Å². The van der Waals surface area contributed by atoms with E-state index in [4.69, 9.17) is 9.47 Å². The van der Waals surface area contributed by atoms with Crippen molar-refractivity contribution < 1.29 is 23.0 Å². The van der Waals surface area contributed by atoms with Crippen LogP contribution < -0.4 is 0 Å². The van der Waals surface area contributed by atoms with Crippen LogP contribution >= 0.6 is 0 Å². The molecule has 0 radical (unpaired) electrons. The lowest BCUT2D eigenvalue weighted by molar-refractivity contribution is -0.163. The van der Waals surface area contributed by atoms with E-state index < -0.39 is 12.0 Å². The molecule has 2 aliphatic heterocycles. The molecule has 2 saturated heterocycles. The van der Waals surface area contributed by atoms with Gasteiger partial charge in [-0.2, -0.15) is 0 Å². The van der Waals surface area contributed by atoms with Gasteiger partial charge in [0.25, 0.3) is 0 Å². The van der Waals surface area contributed by atoms with E-state index in [1.165, 1.54) is 36.9 Å². The third-order valence-corrected chi connectivity index (χ3v) is 7.86. The number of hydrogen-bond donors (Lipinski definition) is 0. The van der Waals surface area contributed by atoms with Gasteiger partial charge in [0.2, 0.25) is 0 Å². The maximum absolute atomic E-state index is 13.7. The first-order chi connectivity index (χ1) is 18.0. The lowest BCUT2D eigenvalue weighted by atomic mass is 9.86. The van der Waals surface area contributed by atoms with E-state index in [1.54, 1.807) is 24.3 Å². The number of esters is 1. The Morgan fingerprint density at radius 2 is 1.54 bits per heavy atom. The summed E-state index contributed by atoms with van der Waals surface area (Å²) in [7, 11) is 1.43. The van der Waals surface area contributed by atoms with Crippen molar-refractivity contribution in [1.82, 2.24) is 4.90 Å². The molecule has 0 aliphatic carbocycles. The topological polar surface area (TPSA) is 38.8 Å². The average Bonchev–Trinajstić information content (AvgIpc) is 3.20. The minimum absolute atomic E-state index is 0.0501. The van der Waals surface area contributed by atoms with Crippen LogP contribution in [0.2, 0.25) is 0 Å². The van der Waals surface area contributed by atoms with Gasteiger partial charge in [0.1, 0.15) is 17.7 Å². The summed E-state index contributed by atoms with van der Waals surface area (Å²) in [6.45, 7) is 0.920. The molecule has 3 aromatic rings. The summed E-state index contributed by atoms with van der Waals surface area (Å²) in [4.78, 5) is 15.6. The smallest absolute Gasteiger partial charge is 0.312 e. The van der Waals surface area contributed by atoms with Crippen molar-refractivity contribution in [2.24, 2.45) is 5.92 Å². The number of aryl methyl sites for hydroxylation is 1. The van der Waals surface area contributed by atoms with E-state index in [0.29, 0.717) is 12.5 Å². The van der Waals surface area contributed by atoms with Gasteiger partial charge < -0.3 is 9.47 Å². The minimum Gasteiger partial charge on any atom is -0.469 e. The highest BCUT2D eigenvalue weighted by molar-refractivity contribution is 5.74. The molecule has 2 bridgehead atoms. The van der Waals surface area contributed by atoms with Gasteiger partial charge >= 0.3 is 5.97 Å². The van der Waals surface area contributed by atoms with Gasteiger partial charge in [-0.1, -0.05) is 54.6 Å². The Kier molecular flexibility index (Phi) is 7.96. The van der Waals surface area contributed by atoms with Crippen molar-refractivity contribution >= 4 is 5.97 Å². The fraction of sp³-hybridized carbons (Fsp3) is 0.387. The van der Waals surface area contributed by atoms with E-state index in [1.807, 2.05) is 6.07 Å². The molecule has 0 N–H and O–H groups in total. The van der Waals surface area contributed by atoms with Crippen molar-refractivity contribution in [2.45, 2.75) is 56.4 Å². The van der Waals surface area contributed by atoms with Crippen LogP contribution in [0.15, 0.2) is 78.9 Å². The summed E-state index contributed by atoms with van der Waals surface area (Å²) < 4.78 is 39.4. The maximum Gasteiger partial charge on any atom is 0.312 e. The second kappa shape index (κ2) is 11.5. The number of carbonyl (C=O) groups is 1. The van der Waals surface area contributed by atoms with Gasteiger partial charge in [-0.25, -0.2) is 8.78 Å². The van der Waals surface area contributed by atoms with Crippen LogP contribution in [0.5, 0.6) is 0 Å². The number of fused-ring (bicyclic) bond motifs is 2. The predicted octanol–water partition coefficient (Wildman–Crippen LogP) is 6.10. The lowest BCUT2D eigenvalue weighted by Crippen LogP contribution is -2.55. The molecule has 0 unspecified atom stereocenters. The highest BCUT2D eigenvalue weighted by atomic mass is 19.1. The number of carbonyl (C=O) groups excluding carboxylic acids is 1. The number of ether oxygens (including phenoxy) is 2. The third-order valence-electron chi connectivity index (χ3n) is 7.86. The highest BCUT2D eigenvalue weighted by Gasteiger charge is 2.51. The van der Waals surface area contributed by atoms with Crippen LogP contribution in [0, 0.1) is 17.6 Å². The Labute approximate surface area is 217 Å². The molecule has 37 heavy (non-hydrogen) atoms. The van der Waals surface area contributed by atoms with Crippen molar-refractivity contribution in [3.63, 3.8) is 0 Å². The first-order valence-corrected chi connectivity index (χ1v) is 13.1. The predicted molar refractivity (Wildman–Crippen MR) is 138 cm³/mol. The van der Waals surface area contributed by atoms with E-state index >= 15 is 0 Å². The summed E-state index contributed by atoms with van der Waals surface area (Å²) in [5.74, 6) is -1.36. The monoisotopic (exact) mass is 505 g/mol. The van der Waals surface area contributed by atoms with E-state index in [0.717, 1.165) is 43.4 Å². The summed E-state index contributed by atoms with van der Waals surface area (Å²) in [5.41, 5.74) is 2.84. The normalized spacial score (nSPS) is 23.4. The Bertz CT molecular complexity index is 1120. The lowest BCUT2D eigenvalue weighted by Gasteiger charge is -2.44. The van der Waals surface area contributed by atoms with Crippen molar-refractivity contribution in [3.8, 4) is 0 Å². The Morgan fingerprint density at radius 3 is 2.14 bits per heavy atom. The number of nitrogens with zero attached hydrogens (tertiary/aromatic N) is 1. The molecule has 6 heteroatoms. The largest absolute Gasteiger partial charge is 0.469 e. The fourth-order valence-corrected chi connectivity index (χ4v) is 6.11. The number of piperidine rings is 1.